The number of benzene rings is 1. The van der Waals surface area contributed by atoms with Crippen molar-refractivity contribution in [3.63, 3.8) is 0 Å². The first-order valence-electron chi connectivity index (χ1n) is 11.4. The fourth-order valence-electron chi connectivity index (χ4n) is 5.18. The average Bonchev–Trinajstić information content (AvgIpc) is 3.45. The van der Waals surface area contributed by atoms with Crippen LogP contribution in [0, 0.1) is 0 Å². The number of anilines is 1. The van der Waals surface area contributed by atoms with Crippen molar-refractivity contribution in [2.75, 3.05) is 25.0 Å². The Balaban J connectivity index is 1.26. The minimum absolute atomic E-state index is 0.0461. The summed E-state index contributed by atoms with van der Waals surface area (Å²) in [5, 5.41) is 4.39. The average molecular weight is 422 g/mol. The molecule has 7 heteroatoms. The maximum absolute atomic E-state index is 12.9. The molecule has 5 rings (SSSR count). The Kier molecular flexibility index (Phi) is 5.44. The van der Waals surface area contributed by atoms with E-state index in [4.69, 9.17) is 4.42 Å². The standard InChI is InChI=1S/C24H31N5O2/c1-3-6-17(11-16-12-25-21-8-5-4-7-20(16)21)27-23(30)22-13-26-24(31-22)29-14-18-9-10-19(15-29)28(18)2/h4-5,7-8,12-13,17-19,25H,3,6,9-11,14-15H2,1-2H3,(H,27,30). The van der Waals surface area contributed by atoms with E-state index in [1.165, 1.54) is 23.8 Å². The molecule has 2 N–H and O–H groups in total. The van der Waals surface area contributed by atoms with E-state index in [9.17, 15) is 4.79 Å². The molecule has 2 aliphatic heterocycles. The van der Waals surface area contributed by atoms with Crippen LogP contribution >= 0.6 is 0 Å². The number of amides is 1. The van der Waals surface area contributed by atoms with Crippen molar-refractivity contribution in [3.8, 4) is 0 Å². The highest BCUT2D eigenvalue weighted by Gasteiger charge is 2.39. The van der Waals surface area contributed by atoms with Gasteiger partial charge < -0.3 is 19.6 Å². The number of nitrogens with zero attached hydrogens (tertiary/aromatic N) is 3. The van der Waals surface area contributed by atoms with E-state index in [0.717, 1.165) is 37.9 Å². The van der Waals surface area contributed by atoms with Crippen LogP contribution in [-0.4, -0.2) is 59.0 Å². The lowest BCUT2D eigenvalue weighted by Gasteiger charge is -2.38. The molecule has 0 radical (unpaired) electrons. The molecule has 2 saturated heterocycles. The summed E-state index contributed by atoms with van der Waals surface area (Å²) in [6.45, 7) is 3.96. The lowest BCUT2D eigenvalue weighted by Crippen LogP contribution is -2.52. The smallest absolute Gasteiger partial charge is 0.298 e. The molecule has 2 aliphatic rings. The van der Waals surface area contributed by atoms with Crippen molar-refractivity contribution in [3.05, 3.63) is 48.0 Å². The van der Waals surface area contributed by atoms with Crippen molar-refractivity contribution in [1.29, 1.82) is 0 Å². The molecule has 2 bridgehead atoms. The van der Waals surface area contributed by atoms with Gasteiger partial charge in [0, 0.05) is 48.3 Å². The second-order valence-electron chi connectivity index (χ2n) is 8.99. The monoisotopic (exact) mass is 421 g/mol. The molecule has 0 aliphatic carbocycles. The van der Waals surface area contributed by atoms with Crippen molar-refractivity contribution < 1.29 is 9.21 Å². The van der Waals surface area contributed by atoms with Crippen LogP contribution in [0.25, 0.3) is 10.9 Å². The molecule has 31 heavy (non-hydrogen) atoms. The molecule has 164 valence electrons. The number of H-pyrrole nitrogens is 1. The van der Waals surface area contributed by atoms with Gasteiger partial charge in [-0.15, -0.1) is 0 Å². The molecule has 1 amide bonds. The second kappa shape index (κ2) is 8.38. The molecule has 7 nitrogen and oxygen atoms in total. The number of aromatic amines is 1. The number of nitrogens with one attached hydrogen (secondary N) is 2. The lowest BCUT2D eigenvalue weighted by molar-refractivity contribution is 0.0906. The van der Waals surface area contributed by atoms with Crippen molar-refractivity contribution in [1.82, 2.24) is 20.2 Å². The zero-order valence-electron chi connectivity index (χ0n) is 18.3. The summed E-state index contributed by atoms with van der Waals surface area (Å²) in [6.07, 6.45) is 8.75. The highest BCUT2D eigenvalue weighted by atomic mass is 16.4. The summed E-state index contributed by atoms with van der Waals surface area (Å²) in [7, 11) is 2.20. The molecule has 3 unspecified atom stereocenters. The molecule has 0 spiro atoms. The summed E-state index contributed by atoms with van der Waals surface area (Å²) in [5.74, 6) is 0.107. The van der Waals surface area contributed by atoms with Crippen molar-refractivity contribution in [2.24, 2.45) is 0 Å². The summed E-state index contributed by atoms with van der Waals surface area (Å²) in [4.78, 5) is 25.3. The van der Waals surface area contributed by atoms with Crippen LogP contribution in [0.15, 0.2) is 41.1 Å². The number of hydrogen-bond donors (Lipinski definition) is 2. The maximum atomic E-state index is 12.9. The molecule has 0 saturated carbocycles. The van der Waals surface area contributed by atoms with E-state index in [2.05, 4.69) is 51.2 Å². The Labute approximate surface area is 182 Å². The van der Waals surface area contributed by atoms with Gasteiger partial charge >= 0.3 is 0 Å². The van der Waals surface area contributed by atoms with Gasteiger partial charge in [0.25, 0.3) is 11.9 Å². The SMILES string of the molecule is CCCC(Cc1c[nH]c2ccccc12)NC(=O)c1cnc(N2CC3CCC(C2)N3C)o1. The van der Waals surface area contributed by atoms with Crippen LogP contribution in [0.1, 0.15) is 48.7 Å². The maximum Gasteiger partial charge on any atom is 0.298 e. The van der Waals surface area contributed by atoms with Crippen LogP contribution in [0.5, 0.6) is 0 Å². The van der Waals surface area contributed by atoms with Crippen LogP contribution in [0.2, 0.25) is 0 Å². The fourth-order valence-corrected chi connectivity index (χ4v) is 5.18. The third-order valence-corrected chi connectivity index (χ3v) is 6.95. The third-order valence-electron chi connectivity index (χ3n) is 6.95. The van der Waals surface area contributed by atoms with Gasteiger partial charge in [-0.05, 0) is 44.4 Å². The lowest BCUT2D eigenvalue weighted by atomic mass is 10.0. The molecule has 3 aromatic rings. The van der Waals surface area contributed by atoms with Crippen molar-refractivity contribution in [2.45, 2.75) is 57.2 Å². The van der Waals surface area contributed by atoms with Crippen LogP contribution in [-0.2, 0) is 6.42 Å². The van der Waals surface area contributed by atoms with Gasteiger partial charge in [-0.2, -0.15) is 0 Å². The van der Waals surface area contributed by atoms with E-state index >= 15 is 0 Å². The van der Waals surface area contributed by atoms with E-state index in [1.54, 1.807) is 6.20 Å². The number of hydrogen-bond acceptors (Lipinski definition) is 5. The quantitative estimate of drug-likeness (QED) is 0.610. The third kappa shape index (κ3) is 3.94. The zero-order chi connectivity index (χ0) is 21.4. The Morgan fingerprint density at radius 1 is 1.29 bits per heavy atom. The number of para-hydroxylation sites is 1. The van der Waals surface area contributed by atoms with E-state index in [-0.39, 0.29) is 11.9 Å². The highest BCUT2D eigenvalue weighted by Crippen LogP contribution is 2.31. The zero-order valence-corrected chi connectivity index (χ0v) is 18.3. The van der Waals surface area contributed by atoms with Gasteiger partial charge in [0.15, 0.2) is 0 Å². The number of carbonyl (C=O) groups excluding carboxylic acids is 1. The van der Waals surface area contributed by atoms with Crippen molar-refractivity contribution >= 4 is 22.8 Å². The normalized spacial score (nSPS) is 22.2. The predicted octanol–water partition coefficient (Wildman–Crippen LogP) is 3.58. The summed E-state index contributed by atoms with van der Waals surface area (Å²) < 4.78 is 5.91. The van der Waals surface area contributed by atoms with Crippen LogP contribution in [0.3, 0.4) is 0 Å². The van der Waals surface area contributed by atoms with Gasteiger partial charge in [0.05, 0.1) is 6.20 Å². The number of piperazine rings is 1. The van der Waals surface area contributed by atoms with Gasteiger partial charge in [0.2, 0.25) is 5.76 Å². The molecule has 2 fully saturated rings. The topological polar surface area (TPSA) is 77.4 Å². The Morgan fingerprint density at radius 2 is 2.06 bits per heavy atom. The Bertz CT molecular complexity index is 1040. The van der Waals surface area contributed by atoms with Gasteiger partial charge in [0.1, 0.15) is 0 Å². The summed E-state index contributed by atoms with van der Waals surface area (Å²) >= 11 is 0. The number of likely N-dealkylation sites (N-methyl/N-ethyl adjacent to an activating group) is 1. The number of rotatable bonds is 7. The van der Waals surface area contributed by atoms with E-state index in [0.29, 0.717) is 23.9 Å². The van der Waals surface area contributed by atoms with E-state index in [1.807, 2.05) is 18.3 Å². The minimum Gasteiger partial charge on any atom is -0.418 e. The number of carbonyl (C=O) groups is 1. The molecule has 3 atom stereocenters. The Morgan fingerprint density at radius 3 is 2.84 bits per heavy atom. The summed E-state index contributed by atoms with van der Waals surface area (Å²) in [6, 6.07) is 9.99. The molecule has 4 heterocycles. The molecule has 2 aromatic heterocycles. The molecular weight excluding hydrogens is 390 g/mol. The second-order valence-corrected chi connectivity index (χ2v) is 8.99. The fraction of sp³-hybridized carbons (Fsp3) is 0.500. The first-order chi connectivity index (χ1) is 15.1. The Hall–Kier alpha value is -2.80. The van der Waals surface area contributed by atoms with Gasteiger partial charge in [-0.1, -0.05) is 31.5 Å². The number of aromatic nitrogens is 2. The number of oxazole rings is 1. The predicted molar refractivity (Wildman–Crippen MR) is 121 cm³/mol. The van der Waals surface area contributed by atoms with Gasteiger partial charge in [-0.3, -0.25) is 9.69 Å². The first kappa shape index (κ1) is 20.1. The van der Waals surface area contributed by atoms with Crippen LogP contribution in [0.4, 0.5) is 6.01 Å². The number of fused-ring (bicyclic) bond motifs is 3. The minimum atomic E-state index is -0.186. The van der Waals surface area contributed by atoms with Crippen LogP contribution < -0.4 is 10.2 Å². The molecule has 1 aromatic carbocycles. The summed E-state index contributed by atoms with van der Waals surface area (Å²) in [5.41, 5.74) is 2.35. The highest BCUT2D eigenvalue weighted by molar-refractivity contribution is 5.91. The first-order valence-corrected chi connectivity index (χ1v) is 11.4. The largest absolute Gasteiger partial charge is 0.418 e. The van der Waals surface area contributed by atoms with Gasteiger partial charge in [-0.25, -0.2) is 4.98 Å². The molecular formula is C24H31N5O2. The van der Waals surface area contributed by atoms with E-state index < -0.39 is 0 Å².